The van der Waals surface area contributed by atoms with Crippen LogP contribution in [0.2, 0.25) is 10.0 Å². The molecule has 0 aliphatic heterocycles. The number of halogens is 3. The minimum atomic E-state index is -0.341. The van der Waals surface area contributed by atoms with E-state index in [2.05, 4.69) is 5.32 Å². The van der Waals surface area contributed by atoms with Gasteiger partial charge in [-0.25, -0.2) is 0 Å². The van der Waals surface area contributed by atoms with Gasteiger partial charge in [0.05, 0.1) is 6.61 Å². The van der Waals surface area contributed by atoms with Crippen molar-refractivity contribution in [2.75, 3.05) is 6.61 Å². The van der Waals surface area contributed by atoms with Crippen molar-refractivity contribution in [3.63, 3.8) is 0 Å². The molecule has 0 amide bonds. The van der Waals surface area contributed by atoms with Crippen LogP contribution in [0, 0.1) is 0 Å². The standard InChI is InChI=1S/C18H21Cl2NO2.ClH/c1-18(2,12-22)21-10-13-5-3-4-6-17(13)23-11-14-7-8-15(19)9-16(14)20;/h3-9,21-22H,10-12H2,1-2H3;1H. The molecule has 2 N–H and O–H groups in total. The molecule has 0 aliphatic rings. The van der Waals surface area contributed by atoms with Gasteiger partial charge < -0.3 is 15.2 Å². The molecular weight excluding hydrogens is 369 g/mol. The molecule has 3 nitrogen and oxygen atoms in total. The van der Waals surface area contributed by atoms with Gasteiger partial charge >= 0.3 is 0 Å². The Morgan fingerprint density at radius 2 is 1.79 bits per heavy atom. The van der Waals surface area contributed by atoms with Gasteiger partial charge in [-0.2, -0.15) is 0 Å². The first kappa shape index (κ1) is 21.1. The SMILES string of the molecule is CC(C)(CO)NCc1ccccc1OCc1ccc(Cl)cc1Cl.Cl. The Kier molecular flexibility index (Phi) is 8.34. The number of nitrogens with one attached hydrogen (secondary N) is 1. The van der Waals surface area contributed by atoms with E-state index in [0.29, 0.717) is 23.2 Å². The zero-order valence-corrected chi connectivity index (χ0v) is 16.0. The van der Waals surface area contributed by atoms with Crippen LogP contribution in [0.3, 0.4) is 0 Å². The van der Waals surface area contributed by atoms with Gasteiger partial charge in [0.15, 0.2) is 0 Å². The summed E-state index contributed by atoms with van der Waals surface area (Å²) >= 11 is 12.1. The van der Waals surface area contributed by atoms with E-state index in [4.69, 9.17) is 27.9 Å². The van der Waals surface area contributed by atoms with Crippen LogP contribution in [0.15, 0.2) is 42.5 Å². The van der Waals surface area contributed by atoms with Crippen molar-refractivity contribution >= 4 is 35.6 Å². The molecule has 0 saturated carbocycles. The minimum Gasteiger partial charge on any atom is -0.489 e. The van der Waals surface area contributed by atoms with Crippen molar-refractivity contribution in [1.29, 1.82) is 0 Å². The Labute approximate surface area is 159 Å². The van der Waals surface area contributed by atoms with Gasteiger partial charge in [-0.15, -0.1) is 12.4 Å². The molecule has 0 heterocycles. The first-order valence-electron chi connectivity index (χ1n) is 7.42. The summed E-state index contributed by atoms with van der Waals surface area (Å²) in [7, 11) is 0. The van der Waals surface area contributed by atoms with Crippen LogP contribution in [0.25, 0.3) is 0 Å². The summed E-state index contributed by atoms with van der Waals surface area (Å²) in [6, 6.07) is 13.2. The zero-order valence-electron chi connectivity index (χ0n) is 13.7. The third kappa shape index (κ3) is 6.15. The van der Waals surface area contributed by atoms with Crippen LogP contribution in [0.5, 0.6) is 5.75 Å². The highest BCUT2D eigenvalue weighted by Crippen LogP contribution is 2.24. The van der Waals surface area contributed by atoms with E-state index in [0.717, 1.165) is 16.9 Å². The second-order valence-corrected chi connectivity index (χ2v) is 6.87. The molecule has 0 unspecified atom stereocenters. The van der Waals surface area contributed by atoms with E-state index < -0.39 is 0 Å². The van der Waals surface area contributed by atoms with Crippen molar-refractivity contribution in [1.82, 2.24) is 5.32 Å². The number of ether oxygens (including phenoxy) is 1. The molecule has 0 aliphatic carbocycles. The number of benzene rings is 2. The van der Waals surface area contributed by atoms with Gasteiger partial charge in [-0.3, -0.25) is 0 Å². The maximum absolute atomic E-state index is 9.33. The Morgan fingerprint density at radius 3 is 2.46 bits per heavy atom. The predicted octanol–water partition coefficient (Wildman–Crippen LogP) is 4.85. The van der Waals surface area contributed by atoms with Crippen LogP contribution in [0.4, 0.5) is 0 Å². The molecule has 0 aromatic heterocycles. The highest BCUT2D eigenvalue weighted by molar-refractivity contribution is 6.35. The van der Waals surface area contributed by atoms with Crippen LogP contribution in [0.1, 0.15) is 25.0 Å². The molecule has 0 saturated heterocycles. The molecule has 2 rings (SSSR count). The summed E-state index contributed by atoms with van der Waals surface area (Å²) < 4.78 is 5.91. The van der Waals surface area contributed by atoms with Crippen molar-refractivity contribution in [3.05, 3.63) is 63.6 Å². The molecular formula is C18H22Cl3NO2. The average Bonchev–Trinajstić information content (AvgIpc) is 2.53. The van der Waals surface area contributed by atoms with E-state index >= 15 is 0 Å². The molecule has 2 aromatic carbocycles. The average molecular weight is 391 g/mol. The Hall–Kier alpha value is -0.970. The van der Waals surface area contributed by atoms with Gasteiger partial charge in [0, 0.05) is 33.3 Å². The van der Waals surface area contributed by atoms with Crippen LogP contribution >= 0.6 is 35.6 Å². The Balaban J connectivity index is 0.00000288. The maximum atomic E-state index is 9.33. The molecule has 0 spiro atoms. The van der Waals surface area contributed by atoms with Gasteiger partial charge in [0.1, 0.15) is 12.4 Å². The first-order chi connectivity index (χ1) is 10.9. The largest absolute Gasteiger partial charge is 0.489 e. The summed E-state index contributed by atoms with van der Waals surface area (Å²) in [6.07, 6.45) is 0. The van der Waals surface area contributed by atoms with E-state index in [1.807, 2.05) is 44.2 Å². The third-order valence-electron chi connectivity index (χ3n) is 3.52. The Bertz CT molecular complexity index is 662. The fraction of sp³-hybridized carbons (Fsp3) is 0.333. The van der Waals surface area contributed by atoms with E-state index in [1.165, 1.54) is 0 Å². The minimum absolute atomic E-state index is 0. The monoisotopic (exact) mass is 389 g/mol. The molecule has 24 heavy (non-hydrogen) atoms. The topological polar surface area (TPSA) is 41.5 Å². The van der Waals surface area contributed by atoms with Gasteiger partial charge in [-0.05, 0) is 32.0 Å². The summed E-state index contributed by atoms with van der Waals surface area (Å²) in [6.45, 7) is 4.94. The zero-order chi connectivity index (χ0) is 16.9. The quantitative estimate of drug-likeness (QED) is 0.709. The number of para-hydroxylation sites is 1. The molecule has 0 fully saturated rings. The lowest BCUT2D eigenvalue weighted by atomic mass is 10.1. The molecule has 2 aromatic rings. The first-order valence-corrected chi connectivity index (χ1v) is 8.17. The van der Waals surface area contributed by atoms with E-state index in [-0.39, 0.29) is 24.6 Å². The highest BCUT2D eigenvalue weighted by atomic mass is 35.5. The third-order valence-corrected chi connectivity index (χ3v) is 4.11. The fourth-order valence-corrected chi connectivity index (χ4v) is 2.44. The second kappa shape index (κ2) is 9.50. The van der Waals surface area contributed by atoms with Crippen molar-refractivity contribution in [3.8, 4) is 5.75 Å². The van der Waals surface area contributed by atoms with Crippen LogP contribution in [-0.2, 0) is 13.2 Å². The Morgan fingerprint density at radius 1 is 1.08 bits per heavy atom. The predicted molar refractivity (Wildman–Crippen MR) is 102 cm³/mol. The second-order valence-electron chi connectivity index (χ2n) is 6.03. The highest BCUT2D eigenvalue weighted by Gasteiger charge is 2.16. The number of aliphatic hydroxyl groups excluding tert-OH is 1. The normalized spacial score (nSPS) is 11.0. The maximum Gasteiger partial charge on any atom is 0.124 e. The smallest absolute Gasteiger partial charge is 0.124 e. The lowest BCUT2D eigenvalue weighted by Gasteiger charge is -2.24. The number of hydrogen-bond acceptors (Lipinski definition) is 3. The van der Waals surface area contributed by atoms with Gasteiger partial charge in [0.25, 0.3) is 0 Å². The number of hydrogen-bond donors (Lipinski definition) is 2. The molecule has 132 valence electrons. The lowest BCUT2D eigenvalue weighted by Crippen LogP contribution is -2.42. The van der Waals surface area contributed by atoms with Crippen molar-refractivity contribution in [2.24, 2.45) is 0 Å². The molecule has 6 heteroatoms. The lowest BCUT2D eigenvalue weighted by molar-refractivity contribution is 0.186. The molecule has 0 radical (unpaired) electrons. The van der Waals surface area contributed by atoms with Gasteiger partial charge in [0.2, 0.25) is 0 Å². The van der Waals surface area contributed by atoms with E-state index in [1.54, 1.807) is 12.1 Å². The van der Waals surface area contributed by atoms with Crippen molar-refractivity contribution < 1.29 is 9.84 Å². The molecule has 0 bridgehead atoms. The summed E-state index contributed by atoms with van der Waals surface area (Å²) in [4.78, 5) is 0. The summed E-state index contributed by atoms with van der Waals surface area (Å²) in [5, 5.41) is 13.8. The summed E-state index contributed by atoms with van der Waals surface area (Å²) in [5.41, 5.74) is 1.57. The number of aliphatic hydroxyl groups is 1. The fourth-order valence-electron chi connectivity index (χ4n) is 1.98. The summed E-state index contributed by atoms with van der Waals surface area (Å²) in [5.74, 6) is 0.791. The molecule has 0 atom stereocenters. The van der Waals surface area contributed by atoms with Gasteiger partial charge in [-0.1, -0.05) is 47.5 Å². The van der Waals surface area contributed by atoms with E-state index in [9.17, 15) is 5.11 Å². The van der Waals surface area contributed by atoms with Crippen LogP contribution < -0.4 is 10.1 Å². The van der Waals surface area contributed by atoms with Crippen molar-refractivity contribution in [2.45, 2.75) is 32.5 Å². The van der Waals surface area contributed by atoms with Crippen LogP contribution in [-0.4, -0.2) is 17.3 Å². The number of rotatable bonds is 7.